The Morgan fingerprint density at radius 3 is 3.06 bits per heavy atom. The number of ketones is 1. The molecule has 90 valence electrons. The van der Waals surface area contributed by atoms with E-state index in [1.807, 2.05) is 35.3 Å². The van der Waals surface area contributed by atoms with Crippen LogP contribution in [0.5, 0.6) is 0 Å². The number of nitrogens with zero attached hydrogens (tertiary/aromatic N) is 2. The van der Waals surface area contributed by atoms with E-state index in [4.69, 9.17) is 5.73 Å². The van der Waals surface area contributed by atoms with Crippen LogP contribution in [0.15, 0.2) is 29.9 Å². The molecule has 4 nitrogen and oxygen atoms in total. The van der Waals surface area contributed by atoms with Crippen LogP contribution in [0.3, 0.4) is 0 Å². The first-order valence-corrected chi connectivity index (χ1v) is 6.34. The van der Waals surface area contributed by atoms with Crippen molar-refractivity contribution in [1.82, 2.24) is 9.55 Å². The first-order chi connectivity index (χ1) is 8.18. The zero-order valence-electron chi connectivity index (χ0n) is 9.67. The highest BCUT2D eigenvalue weighted by molar-refractivity contribution is 7.10. The number of nitrogens with two attached hydrogens (primary N) is 1. The Bertz CT molecular complexity index is 490. The molecule has 2 rings (SSSR count). The summed E-state index contributed by atoms with van der Waals surface area (Å²) in [6.45, 7) is 0. The van der Waals surface area contributed by atoms with Crippen LogP contribution in [-0.4, -0.2) is 15.3 Å². The van der Waals surface area contributed by atoms with E-state index in [2.05, 4.69) is 4.98 Å². The van der Waals surface area contributed by atoms with Gasteiger partial charge < -0.3 is 10.3 Å². The van der Waals surface area contributed by atoms with Crippen LogP contribution < -0.4 is 5.73 Å². The normalized spacial score (nSPS) is 12.6. The predicted molar refractivity (Wildman–Crippen MR) is 67.8 cm³/mol. The van der Waals surface area contributed by atoms with Crippen LogP contribution in [0.1, 0.15) is 23.2 Å². The summed E-state index contributed by atoms with van der Waals surface area (Å²) in [6, 6.07) is 3.31. The number of hydrogen-bond acceptors (Lipinski definition) is 4. The molecule has 2 aromatic rings. The summed E-state index contributed by atoms with van der Waals surface area (Å²) in [7, 11) is 1.92. The second-order valence-electron chi connectivity index (χ2n) is 3.91. The fraction of sp³-hybridized carbons (Fsp3) is 0.333. The highest BCUT2D eigenvalue weighted by Crippen LogP contribution is 2.19. The maximum absolute atomic E-state index is 11.9. The number of carbonyl (C=O) groups excluding carboxylic acids is 1. The monoisotopic (exact) mass is 249 g/mol. The molecule has 0 spiro atoms. The molecule has 17 heavy (non-hydrogen) atoms. The first kappa shape index (κ1) is 12.0. The quantitative estimate of drug-likeness (QED) is 0.877. The topological polar surface area (TPSA) is 60.9 Å². The maximum atomic E-state index is 11.9. The van der Waals surface area contributed by atoms with Gasteiger partial charge in [0.1, 0.15) is 5.82 Å². The van der Waals surface area contributed by atoms with Crippen molar-refractivity contribution in [2.75, 3.05) is 0 Å². The Morgan fingerprint density at radius 2 is 2.47 bits per heavy atom. The van der Waals surface area contributed by atoms with Gasteiger partial charge >= 0.3 is 0 Å². The highest BCUT2D eigenvalue weighted by Gasteiger charge is 2.16. The number of aryl methyl sites for hydroxylation is 2. The first-order valence-electron chi connectivity index (χ1n) is 5.46. The van der Waals surface area contributed by atoms with Gasteiger partial charge in [-0.1, -0.05) is 6.07 Å². The Labute approximate surface area is 104 Å². The van der Waals surface area contributed by atoms with Gasteiger partial charge in [-0.2, -0.15) is 0 Å². The van der Waals surface area contributed by atoms with Crippen molar-refractivity contribution in [1.29, 1.82) is 0 Å². The lowest BCUT2D eigenvalue weighted by Gasteiger charge is -2.08. The molecule has 0 fully saturated rings. The molecule has 2 aromatic heterocycles. The van der Waals surface area contributed by atoms with Crippen molar-refractivity contribution >= 4 is 17.1 Å². The summed E-state index contributed by atoms with van der Waals surface area (Å²) in [6.07, 6.45) is 4.68. The van der Waals surface area contributed by atoms with Gasteiger partial charge in [0, 0.05) is 37.2 Å². The van der Waals surface area contributed by atoms with Gasteiger partial charge in [0.25, 0.3) is 0 Å². The summed E-state index contributed by atoms with van der Waals surface area (Å²) < 4.78 is 1.92. The van der Waals surface area contributed by atoms with Gasteiger partial charge in [0.2, 0.25) is 0 Å². The van der Waals surface area contributed by atoms with Crippen LogP contribution >= 0.6 is 11.3 Å². The second-order valence-corrected chi connectivity index (χ2v) is 4.89. The minimum atomic E-state index is -0.490. The van der Waals surface area contributed by atoms with Crippen molar-refractivity contribution in [3.63, 3.8) is 0 Å². The molecule has 1 unspecified atom stereocenters. The van der Waals surface area contributed by atoms with E-state index in [0.717, 1.165) is 10.7 Å². The third-order valence-corrected chi connectivity index (χ3v) is 3.67. The lowest BCUT2D eigenvalue weighted by molar-refractivity contribution is -0.120. The number of imidazole rings is 1. The predicted octanol–water partition coefficient (Wildman–Crippen LogP) is 1.68. The van der Waals surface area contributed by atoms with E-state index < -0.39 is 6.04 Å². The van der Waals surface area contributed by atoms with E-state index in [1.165, 1.54) is 11.3 Å². The molecule has 2 heterocycles. The molecule has 0 aliphatic heterocycles. The van der Waals surface area contributed by atoms with E-state index in [1.54, 1.807) is 6.20 Å². The van der Waals surface area contributed by atoms with Crippen molar-refractivity contribution < 1.29 is 4.79 Å². The molecule has 0 saturated carbocycles. The largest absolute Gasteiger partial charge is 0.338 e. The fourth-order valence-electron chi connectivity index (χ4n) is 1.65. The van der Waals surface area contributed by atoms with Crippen molar-refractivity contribution in [2.45, 2.75) is 18.9 Å². The molecule has 0 aliphatic rings. The summed E-state index contributed by atoms with van der Waals surface area (Å²) in [4.78, 5) is 17.0. The molecule has 0 radical (unpaired) electrons. The smallest absolute Gasteiger partial charge is 0.155 e. The van der Waals surface area contributed by atoms with Crippen molar-refractivity contribution in [3.8, 4) is 0 Å². The minimum absolute atomic E-state index is 0.0652. The minimum Gasteiger partial charge on any atom is -0.338 e. The zero-order valence-corrected chi connectivity index (χ0v) is 10.5. The number of thiophene rings is 1. The molecule has 0 amide bonds. The van der Waals surface area contributed by atoms with Gasteiger partial charge in [-0.25, -0.2) is 4.98 Å². The molecule has 2 N–H and O–H groups in total. The van der Waals surface area contributed by atoms with E-state index in [0.29, 0.717) is 12.8 Å². The van der Waals surface area contributed by atoms with Crippen molar-refractivity contribution in [2.24, 2.45) is 12.8 Å². The average molecular weight is 249 g/mol. The summed E-state index contributed by atoms with van der Waals surface area (Å²) in [5.41, 5.74) is 5.89. The maximum Gasteiger partial charge on any atom is 0.155 e. The van der Waals surface area contributed by atoms with Gasteiger partial charge in [-0.15, -0.1) is 11.3 Å². The molecule has 0 aliphatic carbocycles. The molecule has 5 heteroatoms. The van der Waals surface area contributed by atoms with Gasteiger partial charge in [-0.05, 0) is 11.4 Å². The van der Waals surface area contributed by atoms with Crippen molar-refractivity contribution in [3.05, 3.63) is 40.6 Å². The van der Waals surface area contributed by atoms with E-state index in [9.17, 15) is 4.79 Å². The molecule has 0 saturated heterocycles. The van der Waals surface area contributed by atoms with E-state index >= 15 is 0 Å². The number of aromatic nitrogens is 2. The number of hydrogen-bond donors (Lipinski definition) is 1. The van der Waals surface area contributed by atoms with E-state index in [-0.39, 0.29) is 5.78 Å². The molecule has 0 aromatic carbocycles. The zero-order chi connectivity index (χ0) is 12.3. The standard InChI is InChI=1S/C12H15N3OS/c1-15-7-6-14-11(15)5-4-9(16)12(13)10-3-2-8-17-10/h2-3,6-8,12H,4-5,13H2,1H3. The Morgan fingerprint density at radius 1 is 1.65 bits per heavy atom. The fourth-order valence-corrected chi connectivity index (χ4v) is 2.40. The third-order valence-electron chi connectivity index (χ3n) is 2.71. The highest BCUT2D eigenvalue weighted by atomic mass is 32.1. The summed E-state index contributed by atoms with van der Waals surface area (Å²) >= 11 is 1.52. The van der Waals surface area contributed by atoms with Gasteiger partial charge in [0.05, 0.1) is 6.04 Å². The van der Waals surface area contributed by atoms with Crippen LogP contribution in [0, 0.1) is 0 Å². The molecule has 1 atom stereocenters. The lowest BCUT2D eigenvalue weighted by atomic mass is 10.1. The van der Waals surface area contributed by atoms with Crippen LogP contribution in [-0.2, 0) is 18.3 Å². The average Bonchev–Trinajstić information content (AvgIpc) is 2.96. The Balaban J connectivity index is 1.92. The Hall–Kier alpha value is -1.46. The number of Topliss-reactive ketones (excluding diaryl/α,β-unsaturated/α-hetero) is 1. The summed E-state index contributed by atoms with van der Waals surface area (Å²) in [5.74, 6) is 0.979. The number of carbonyl (C=O) groups is 1. The summed E-state index contributed by atoms with van der Waals surface area (Å²) in [5, 5.41) is 1.93. The lowest BCUT2D eigenvalue weighted by Crippen LogP contribution is -2.21. The SMILES string of the molecule is Cn1ccnc1CCC(=O)C(N)c1cccs1. The third kappa shape index (κ3) is 2.81. The van der Waals surface area contributed by atoms with Gasteiger partial charge in [-0.3, -0.25) is 4.79 Å². The molecular weight excluding hydrogens is 234 g/mol. The molecule has 0 bridgehead atoms. The second kappa shape index (κ2) is 5.25. The Kier molecular flexibility index (Phi) is 3.71. The number of rotatable bonds is 5. The molecular formula is C12H15N3OS. The van der Waals surface area contributed by atoms with Crippen LogP contribution in [0.2, 0.25) is 0 Å². The van der Waals surface area contributed by atoms with Gasteiger partial charge in [0.15, 0.2) is 5.78 Å². The van der Waals surface area contributed by atoms with Crippen LogP contribution in [0.25, 0.3) is 0 Å². The van der Waals surface area contributed by atoms with Crippen LogP contribution in [0.4, 0.5) is 0 Å².